The van der Waals surface area contributed by atoms with Gasteiger partial charge >= 0.3 is 0 Å². The van der Waals surface area contributed by atoms with Crippen molar-refractivity contribution in [2.45, 2.75) is 45.7 Å². The Morgan fingerprint density at radius 2 is 2.00 bits per heavy atom. The van der Waals surface area contributed by atoms with E-state index >= 15 is 0 Å². The predicted molar refractivity (Wildman–Crippen MR) is 76.3 cm³/mol. The molecular formula is C15H24N2O. The molecule has 0 amide bonds. The van der Waals surface area contributed by atoms with Crippen LogP contribution in [0.2, 0.25) is 0 Å². The maximum atomic E-state index is 9.67. The number of likely N-dealkylation sites (tertiary alicyclic amines) is 1. The zero-order valence-corrected chi connectivity index (χ0v) is 11.8. The minimum atomic E-state index is 0.384. The van der Waals surface area contributed by atoms with Crippen LogP contribution < -0.4 is 5.32 Å². The molecule has 3 heteroatoms. The quantitative estimate of drug-likeness (QED) is 0.790. The molecule has 2 atom stereocenters. The van der Waals surface area contributed by atoms with Gasteiger partial charge in [-0.05, 0) is 63.9 Å². The Morgan fingerprint density at radius 3 is 2.67 bits per heavy atom. The maximum Gasteiger partial charge on any atom is 0.118 e. The Kier molecular flexibility index (Phi) is 3.81. The SMILES string of the molecule is Cc1cc(NC2CCN(C)C(C)C2)c(C)cc1O. The van der Waals surface area contributed by atoms with Crippen molar-refractivity contribution >= 4 is 5.69 Å². The summed E-state index contributed by atoms with van der Waals surface area (Å²) in [5, 5.41) is 13.3. The molecule has 0 bridgehead atoms. The fourth-order valence-corrected chi connectivity index (χ4v) is 2.60. The molecule has 3 nitrogen and oxygen atoms in total. The number of phenols is 1. The summed E-state index contributed by atoms with van der Waals surface area (Å²) in [5.74, 6) is 0.384. The van der Waals surface area contributed by atoms with Crippen LogP contribution in [0.3, 0.4) is 0 Å². The molecule has 2 unspecified atom stereocenters. The van der Waals surface area contributed by atoms with Crippen LogP contribution in [-0.2, 0) is 0 Å². The topological polar surface area (TPSA) is 35.5 Å². The van der Waals surface area contributed by atoms with Gasteiger partial charge in [0.15, 0.2) is 0 Å². The lowest BCUT2D eigenvalue weighted by atomic mass is 9.98. The minimum Gasteiger partial charge on any atom is -0.508 e. The molecule has 2 N–H and O–H groups in total. The van der Waals surface area contributed by atoms with E-state index in [1.807, 2.05) is 26.0 Å². The Balaban J connectivity index is 2.08. The molecule has 0 saturated carbocycles. The molecule has 1 fully saturated rings. The van der Waals surface area contributed by atoms with Gasteiger partial charge in [-0.25, -0.2) is 0 Å². The molecule has 1 heterocycles. The van der Waals surface area contributed by atoms with Crippen LogP contribution in [0.25, 0.3) is 0 Å². The number of anilines is 1. The fraction of sp³-hybridized carbons (Fsp3) is 0.600. The van der Waals surface area contributed by atoms with Gasteiger partial charge in [0.25, 0.3) is 0 Å². The van der Waals surface area contributed by atoms with Crippen molar-refractivity contribution in [1.82, 2.24) is 4.90 Å². The molecule has 100 valence electrons. The fourth-order valence-electron chi connectivity index (χ4n) is 2.60. The van der Waals surface area contributed by atoms with Gasteiger partial charge in [-0.3, -0.25) is 0 Å². The van der Waals surface area contributed by atoms with Gasteiger partial charge in [0.2, 0.25) is 0 Å². The highest BCUT2D eigenvalue weighted by molar-refractivity contribution is 5.57. The predicted octanol–water partition coefficient (Wildman–Crippen LogP) is 2.90. The molecule has 1 aromatic rings. The zero-order valence-electron chi connectivity index (χ0n) is 11.8. The van der Waals surface area contributed by atoms with E-state index in [-0.39, 0.29) is 0 Å². The highest BCUT2D eigenvalue weighted by atomic mass is 16.3. The molecule has 0 aromatic heterocycles. The van der Waals surface area contributed by atoms with Crippen molar-refractivity contribution in [1.29, 1.82) is 0 Å². The van der Waals surface area contributed by atoms with Gasteiger partial charge in [0.1, 0.15) is 5.75 Å². The summed E-state index contributed by atoms with van der Waals surface area (Å²) in [6.07, 6.45) is 2.36. The lowest BCUT2D eigenvalue weighted by Gasteiger charge is -2.36. The van der Waals surface area contributed by atoms with E-state index < -0.39 is 0 Å². The van der Waals surface area contributed by atoms with Gasteiger partial charge in [-0.15, -0.1) is 0 Å². The molecule has 0 aliphatic carbocycles. The number of aromatic hydroxyl groups is 1. The van der Waals surface area contributed by atoms with Gasteiger partial charge in [-0.1, -0.05) is 0 Å². The van der Waals surface area contributed by atoms with Gasteiger partial charge in [0, 0.05) is 24.3 Å². The molecule has 0 spiro atoms. The Morgan fingerprint density at radius 1 is 1.28 bits per heavy atom. The van der Waals surface area contributed by atoms with E-state index in [4.69, 9.17) is 0 Å². The second kappa shape index (κ2) is 5.19. The van der Waals surface area contributed by atoms with E-state index in [2.05, 4.69) is 24.2 Å². The average Bonchev–Trinajstić information content (AvgIpc) is 2.31. The third-order valence-electron chi connectivity index (χ3n) is 4.11. The number of hydrogen-bond acceptors (Lipinski definition) is 3. The zero-order chi connectivity index (χ0) is 13.3. The summed E-state index contributed by atoms with van der Waals surface area (Å²) in [7, 11) is 2.19. The van der Waals surface area contributed by atoms with Crippen molar-refractivity contribution in [3.05, 3.63) is 23.3 Å². The second-order valence-corrected chi connectivity index (χ2v) is 5.65. The van der Waals surface area contributed by atoms with Crippen LogP contribution in [0.15, 0.2) is 12.1 Å². The number of aryl methyl sites for hydroxylation is 2. The molecule has 1 aliphatic heterocycles. The second-order valence-electron chi connectivity index (χ2n) is 5.65. The van der Waals surface area contributed by atoms with E-state index in [9.17, 15) is 5.11 Å². The third kappa shape index (κ3) is 2.78. The maximum absolute atomic E-state index is 9.67. The first-order valence-corrected chi connectivity index (χ1v) is 6.74. The van der Waals surface area contributed by atoms with Gasteiger partial charge < -0.3 is 15.3 Å². The molecule has 1 aromatic carbocycles. The number of nitrogens with one attached hydrogen (secondary N) is 1. The summed E-state index contributed by atoms with van der Waals surface area (Å²) in [6.45, 7) is 7.41. The number of phenolic OH excluding ortho intramolecular Hbond substituents is 1. The average molecular weight is 248 g/mol. The van der Waals surface area contributed by atoms with Crippen molar-refractivity contribution in [2.24, 2.45) is 0 Å². The first kappa shape index (κ1) is 13.2. The Hall–Kier alpha value is -1.22. The van der Waals surface area contributed by atoms with Crippen LogP contribution >= 0.6 is 0 Å². The Labute approximate surface area is 110 Å². The number of hydrogen-bond donors (Lipinski definition) is 2. The first-order chi connectivity index (χ1) is 8.47. The Bertz CT molecular complexity index is 431. The molecule has 0 radical (unpaired) electrons. The lowest BCUT2D eigenvalue weighted by molar-refractivity contribution is 0.190. The van der Waals surface area contributed by atoms with Crippen LogP contribution in [0.4, 0.5) is 5.69 Å². The normalized spacial score (nSPS) is 25.1. The molecular weight excluding hydrogens is 224 g/mol. The number of nitrogens with zero attached hydrogens (tertiary/aromatic N) is 1. The third-order valence-corrected chi connectivity index (χ3v) is 4.11. The van der Waals surface area contributed by atoms with E-state index in [0.717, 1.165) is 23.4 Å². The molecule has 18 heavy (non-hydrogen) atoms. The molecule has 1 aliphatic rings. The van der Waals surface area contributed by atoms with Gasteiger partial charge in [-0.2, -0.15) is 0 Å². The highest BCUT2D eigenvalue weighted by Crippen LogP contribution is 2.27. The highest BCUT2D eigenvalue weighted by Gasteiger charge is 2.22. The van der Waals surface area contributed by atoms with Crippen molar-refractivity contribution < 1.29 is 5.11 Å². The summed E-state index contributed by atoms with van der Waals surface area (Å²) < 4.78 is 0. The number of benzene rings is 1. The van der Waals surface area contributed by atoms with Crippen LogP contribution in [-0.4, -0.2) is 35.7 Å². The van der Waals surface area contributed by atoms with E-state index in [1.54, 1.807) is 0 Å². The van der Waals surface area contributed by atoms with Crippen LogP contribution in [0.5, 0.6) is 5.75 Å². The number of rotatable bonds is 2. The smallest absolute Gasteiger partial charge is 0.118 e. The van der Waals surface area contributed by atoms with Crippen molar-refractivity contribution in [2.75, 3.05) is 18.9 Å². The summed E-state index contributed by atoms with van der Waals surface area (Å²) >= 11 is 0. The minimum absolute atomic E-state index is 0.384. The first-order valence-electron chi connectivity index (χ1n) is 6.74. The number of piperidine rings is 1. The van der Waals surface area contributed by atoms with Gasteiger partial charge in [0.05, 0.1) is 0 Å². The van der Waals surface area contributed by atoms with E-state index in [0.29, 0.717) is 17.8 Å². The van der Waals surface area contributed by atoms with Crippen molar-refractivity contribution in [3.63, 3.8) is 0 Å². The van der Waals surface area contributed by atoms with E-state index in [1.165, 1.54) is 12.8 Å². The molecule has 2 rings (SSSR count). The molecule has 1 saturated heterocycles. The summed E-state index contributed by atoms with van der Waals surface area (Å²) in [6, 6.07) is 5.07. The van der Waals surface area contributed by atoms with Crippen molar-refractivity contribution in [3.8, 4) is 5.75 Å². The van der Waals surface area contributed by atoms with Crippen LogP contribution in [0.1, 0.15) is 30.9 Å². The summed E-state index contributed by atoms with van der Waals surface area (Å²) in [5.41, 5.74) is 3.21. The van der Waals surface area contributed by atoms with Crippen LogP contribution in [0, 0.1) is 13.8 Å². The largest absolute Gasteiger partial charge is 0.508 e. The summed E-state index contributed by atoms with van der Waals surface area (Å²) in [4.78, 5) is 2.41. The lowest BCUT2D eigenvalue weighted by Crippen LogP contribution is -2.42. The standard InChI is InChI=1S/C15H24N2O/c1-10-8-15(18)11(2)7-14(10)16-13-5-6-17(4)12(3)9-13/h7-8,12-13,16,18H,5-6,9H2,1-4H3. The monoisotopic (exact) mass is 248 g/mol.